The van der Waals surface area contributed by atoms with E-state index in [0.29, 0.717) is 17.8 Å². The topological polar surface area (TPSA) is 74.6 Å². The van der Waals surface area contributed by atoms with E-state index in [1.165, 1.54) is 64.2 Å². The molecule has 0 amide bonds. The maximum Gasteiger partial charge on any atom is 0.307 e. The van der Waals surface area contributed by atoms with Gasteiger partial charge in [-0.15, -0.1) is 0 Å². The molecule has 230 valence electrons. The fourth-order valence-corrected chi connectivity index (χ4v) is 7.87. The van der Waals surface area contributed by atoms with E-state index in [0.717, 1.165) is 77.0 Å². The Morgan fingerprint density at radius 2 is 1.43 bits per heavy atom. The molecule has 4 nitrogen and oxygen atoms in total. The summed E-state index contributed by atoms with van der Waals surface area (Å²) < 4.78 is 0. The number of unbranched alkanes of at least 4 members (excludes halogenated alkanes) is 10. The highest BCUT2D eigenvalue weighted by molar-refractivity contribution is 5.71. The summed E-state index contributed by atoms with van der Waals surface area (Å²) in [6.07, 6.45) is 35.0. The summed E-state index contributed by atoms with van der Waals surface area (Å²) in [6.45, 7) is 4.52. The lowest BCUT2D eigenvalue weighted by atomic mass is 9.50. The molecule has 1 saturated carbocycles. The van der Waals surface area contributed by atoms with E-state index in [-0.39, 0.29) is 17.8 Å². The van der Waals surface area contributed by atoms with Crippen molar-refractivity contribution in [2.75, 3.05) is 0 Å². The number of carboxylic acid groups (broad SMARTS) is 2. The van der Waals surface area contributed by atoms with Crippen LogP contribution >= 0.6 is 0 Å². The second kappa shape index (κ2) is 20.3. The molecule has 5 atom stereocenters. The number of carbonyl (C=O) groups is 2. The molecule has 2 aliphatic carbocycles. The van der Waals surface area contributed by atoms with Gasteiger partial charge in [0.15, 0.2) is 0 Å². The molecule has 0 aromatic carbocycles. The molecular weight excluding hydrogens is 496 g/mol. The van der Waals surface area contributed by atoms with Gasteiger partial charge in [-0.2, -0.15) is 0 Å². The van der Waals surface area contributed by atoms with E-state index in [4.69, 9.17) is 5.11 Å². The summed E-state index contributed by atoms with van der Waals surface area (Å²) in [5.41, 5.74) is -0.190. The fraction of sp³-hybridized carbons (Fsp3) is 0.833. The minimum absolute atomic E-state index is 0.190. The van der Waals surface area contributed by atoms with Gasteiger partial charge in [0.2, 0.25) is 0 Å². The number of rotatable bonds is 19. The van der Waals surface area contributed by atoms with Crippen molar-refractivity contribution in [3.05, 3.63) is 24.3 Å². The first-order valence-corrected chi connectivity index (χ1v) is 17.3. The van der Waals surface area contributed by atoms with Gasteiger partial charge in [-0.1, -0.05) is 134 Å². The Balaban J connectivity index is 2.31. The Hall–Kier alpha value is -1.58. The third-order valence-corrected chi connectivity index (χ3v) is 10.0. The van der Waals surface area contributed by atoms with Gasteiger partial charge in [-0.05, 0) is 68.1 Å². The van der Waals surface area contributed by atoms with Crippen molar-refractivity contribution in [1.82, 2.24) is 0 Å². The highest BCUT2D eigenvalue weighted by Crippen LogP contribution is 2.58. The van der Waals surface area contributed by atoms with Crippen molar-refractivity contribution < 1.29 is 19.8 Å². The highest BCUT2D eigenvalue weighted by Gasteiger charge is 2.54. The Labute approximate surface area is 246 Å². The molecule has 0 aliphatic heterocycles. The van der Waals surface area contributed by atoms with E-state index in [1.807, 2.05) is 0 Å². The first kappa shape index (κ1) is 34.6. The van der Waals surface area contributed by atoms with E-state index >= 15 is 0 Å². The van der Waals surface area contributed by atoms with Gasteiger partial charge in [0, 0.05) is 6.42 Å². The standard InChI is InChI=1S/C36H62O4/c1-3-5-7-11-18-24-32-30(22-16-6-4-2)27-28-31(23-17-12-8-9-14-20-26-34(37)38)36(32)29-21-15-10-13-19-25-33(36)35(39)40/h18,24,27-28,30-33H,3-17,19-23,25-26,29H2,1-2H3,(H,37,38)(H,39,40)/b24-18+. The molecule has 0 bridgehead atoms. The molecule has 2 aliphatic rings. The minimum atomic E-state index is -0.695. The first-order valence-electron chi connectivity index (χ1n) is 17.3. The molecule has 0 aromatic rings. The summed E-state index contributed by atoms with van der Waals surface area (Å²) in [6, 6.07) is 0. The van der Waals surface area contributed by atoms with Crippen LogP contribution in [0.3, 0.4) is 0 Å². The van der Waals surface area contributed by atoms with Crippen LogP contribution in [0.4, 0.5) is 0 Å². The zero-order valence-corrected chi connectivity index (χ0v) is 26.1. The molecule has 5 unspecified atom stereocenters. The third kappa shape index (κ3) is 11.4. The molecule has 40 heavy (non-hydrogen) atoms. The molecule has 0 radical (unpaired) electrons. The first-order chi connectivity index (χ1) is 19.5. The number of allylic oxidation sites excluding steroid dienone is 4. The predicted octanol–water partition coefficient (Wildman–Crippen LogP) is 10.8. The largest absolute Gasteiger partial charge is 0.481 e. The molecule has 1 spiro atoms. The maximum absolute atomic E-state index is 13.1. The van der Waals surface area contributed by atoms with Crippen LogP contribution in [0.1, 0.15) is 162 Å². The van der Waals surface area contributed by atoms with Gasteiger partial charge in [0.25, 0.3) is 0 Å². The van der Waals surface area contributed by atoms with Crippen molar-refractivity contribution in [3.8, 4) is 0 Å². The molecule has 4 heteroatoms. The number of aliphatic carboxylic acids is 2. The quantitative estimate of drug-likeness (QED) is 0.122. The van der Waals surface area contributed by atoms with Gasteiger partial charge in [-0.25, -0.2) is 0 Å². The van der Waals surface area contributed by atoms with E-state index in [1.54, 1.807) is 0 Å². The lowest BCUT2D eigenvalue weighted by Gasteiger charge is -2.53. The molecule has 1 fully saturated rings. The van der Waals surface area contributed by atoms with E-state index in [2.05, 4.69) is 38.2 Å². The normalized spacial score (nSPS) is 27.4. The zero-order chi connectivity index (χ0) is 29.1. The van der Waals surface area contributed by atoms with Crippen LogP contribution in [0.15, 0.2) is 24.3 Å². The average Bonchev–Trinajstić information content (AvgIpc) is 3.03. The van der Waals surface area contributed by atoms with Gasteiger partial charge >= 0.3 is 11.9 Å². The Morgan fingerprint density at radius 1 is 0.775 bits per heavy atom. The van der Waals surface area contributed by atoms with Crippen molar-refractivity contribution in [1.29, 1.82) is 0 Å². The third-order valence-electron chi connectivity index (χ3n) is 10.0. The van der Waals surface area contributed by atoms with Crippen LogP contribution in [0.5, 0.6) is 0 Å². The molecule has 0 aromatic heterocycles. The zero-order valence-electron chi connectivity index (χ0n) is 26.1. The number of carboxylic acids is 2. The van der Waals surface area contributed by atoms with Gasteiger partial charge in [-0.3, -0.25) is 9.59 Å². The van der Waals surface area contributed by atoms with Crippen LogP contribution in [0.25, 0.3) is 0 Å². The summed E-state index contributed by atoms with van der Waals surface area (Å²) in [7, 11) is 0. The minimum Gasteiger partial charge on any atom is -0.481 e. The second-order valence-electron chi connectivity index (χ2n) is 13.0. The summed E-state index contributed by atoms with van der Waals surface area (Å²) in [4.78, 5) is 23.9. The Bertz CT molecular complexity index is 756. The van der Waals surface area contributed by atoms with Crippen molar-refractivity contribution >= 4 is 11.9 Å². The van der Waals surface area contributed by atoms with E-state index in [9.17, 15) is 14.7 Å². The highest BCUT2D eigenvalue weighted by atomic mass is 16.4. The van der Waals surface area contributed by atoms with E-state index < -0.39 is 11.9 Å². The van der Waals surface area contributed by atoms with Gasteiger partial charge < -0.3 is 10.2 Å². The van der Waals surface area contributed by atoms with Crippen LogP contribution in [-0.2, 0) is 9.59 Å². The molecule has 0 heterocycles. The van der Waals surface area contributed by atoms with Crippen molar-refractivity contribution in [2.45, 2.75) is 162 Å². The van der Waals surface area contributed by atoms with Gasteiger partial charge in [0.05, 0.1) is 5.92 Å². The van der Waals surface area contributed by atoms with Crippen molar-refractivity contribution in [2.24, 2.45) is 29.1 Å². The summed E-state index contributed by atoms with van der Waals surface area (Å²) in [5.74, 6) is -0.433. The lowest BCUT2D eigenvalue weighted by molar-refractivity contribution is -0.153. The van der Waals surface area contributed by atoms with Crippen LogP contribution < -0.4 is 0 Å². The maximum atomic E-state index is 13.1. The summed E-state index contributed by atoms with van der Waals surface area (Å²) in [5, 5.41) is 19.7. The number of hydrogen-bond acceptors (Lipinski definition) is 2. The Morgan fingerprint density at radius 3 is 2.15 bits per heavy atom. The molecular formula is C36H62O4. The molecule has 0 saturated heterocycles. The second-order valence-corrected chi connectivity index (χ2v) is 13.0. The Kier molecular flexibility index (Phi) is 17.6. The lowest BCUT2D eigenvalue weighted by Crippen LogP contribution is -2.50. The van der Waals surface area contributed by atoms with Crippen LogP contribution in [0, 0.1) is 29.1 Å². The van der Waals surface area contributed by atoms with Gasteiger partial charge in [0.1, 0.15) is 0 Å². The monoisotopic (exact) mass is 558 g/mol. The molecule has 2 rings (SSSR count). The van der Waals surface area contributed by atoms with Crippen LogP contribution in [-0.4, -0.2) is 22.2 Å². The smallest absolute Gasteiger partial charge is 0.307 e. The van der Waals surface area contributed by atoms with Crippen molar-refractivity contribution in [3.63, 3.8) is 0 Å². The fourth-order valence-electron chi connectivity index (χ4n) is 7.87. The predicted molar refractivity (Wildman–Crippen MR) is 167 cm³/mol. The SMILES string of the molecule is CCCCC/C=C/C1C(CCCCC)C=CC(CCCCCCCCC(=O)O)C12CCCCCCCC2C(=O)O. The molecule has 2 N–H and O–H groups in total. The summed E-state index contributed by atoms with van der Waals surface area (Å²) >= 11 is 0. The average molecular weight is 559 g/mol. The van der Waals surface area contributed by atoms with Crippen LogP contribution in [0.2, 0.25) is 0 Å². The number of hydrogen-bond donors (Lipinski definition) is 2.